The lowest BCUT2D eigenvalue weighted by Crippen LogP contribution is -2.43. The summed E-state index contributed by atoms with van der Waals surface area (Å²) in [7, 11) is 0. The molecule has 0 aromatic heterocycles. The first-order valence-electron chi connectivity index (χ1n) is 10.4. The second kappa shape index (κ2) is 16.9. The summed E-state index contributed by atoms with van der Waals surface area (Å²) in [5, 5.41) is 0. The Bertz CT molecular complexity index is 277. The summed E-state index contributed by atoms with van der Waals surface area (Å²) < 4.78 is 23.2. The average molecular weight is 359 g/mol. The van der Waals surface area contributed by atoms with Gasteiger partial charge in [0.15, 0.2) is 0 Å². The van der Waals surface area contributed by atoms with E-state index in [1.54, 1.807) is 0 Å². The second-order valence-electron chi connectivity index (χ2n) is 6.37. The molecule has 0 heterocycles. The van der Waals surface area contributed by atoms with Gasteiger partial charge < -0.3 is 18.9 Å². The third-order valence-electron chi connectivity index (χ3n) is 4.24. The lowest BCUT2D eigenvalue weighted by Gasteiger charge is -2.34. The molecule has 0 bridgehead atoms. The van der Waals surface area contributed by atoms with Crippen LogP contribution >= 0.6 is 0 Å². The van der Waals surface area contributed by atoms with Crippen LogP contribution < -0.4 is 0 Å². The van der Waals surface area contributed by atoms with Gasteiger partial charge in [-0.2, -0.15) is 0 Å². The minimum atomic E-state index is -1.01. The SMILES string of the molecule is C=COC(CCCCCCCCCC)CC(OCC)(OCC)OCC. The fourth-order valence-electron chi connectivity index (χ4n) is 3.10. The Kier molecular flexibility index (Phi) is 16.5. The van der Waals surface area contributed by atoms with Gasteiger partial charge in [-0.3, -0.25) is 0 Å². The van der Waals surface area contributed by atoms with Gasteiger partial charge in [0.05, 0.1) is 12.7 Å². The van der Waals surface area contributed by atoms with Crippen molar-refractivity contribution >= 4 is 0 Å². The summed E-state index contributed by atoms with van der Waals surface area (Å²) >= 11 is 0. The van der Waals surface area contributed by atoms with Gasteiger partial charge in [0.1, 0.15) is 6.10 Å². The Morgan fingerprint density at radius 1 is 0.760 bits per heavy atom. The normalized spacial score (nSPS) is 13.0. The van der Waals surface area contributed by atoms with E-state index >= 15 is 0 Å². The first-order chi connectivity index (χ1) is 12.2. The Labute approximate surface area is 156 Å². The number of ether oxygens (including phenoxy) is 4. The van der Waals surface area contributed by atoms with E-state index in [1.807, 2.05) is 20.8 Å². The van der Waals surface area contributed by atoms with E-state index in [1.165, 1.54) is 51.2 Å². The molecule has 1 atom stereocenters. The van der Waals surface area contributed by atoms with Crippen LogP contribution in [0.25, 0.3) is 0 Å². The fraction of sp³-hybridized carbons (Fsp3) is 0.905. The third-order valence-corrected chi connectivity index (χ3v) is 4.24. The monoisotopic (exact) mass is 358 g/mol. The molecule has 0 aliphatic carbocycles. The van der Waals surface area contributed by atoms with Crippen molar-refractivity contribution in [2.75, 3.05) is 19.8 Å². The minimum absolute atomic E-state index is 0.00208. The molecular weight excluding hydrogens is 316 g/mol. The van der Waals surface area contributed by atoms with Gasteiger partial charge in [-0.05, 0) is 33.6 Å². The molecule has 150 valence electrons. The van der Waals surface area contributed by atoms with Crippen molar-refractivity contribution in [3.63, 3.8) is 0 Å². The second-order valence-corrected chi connectivity index (χ2v) is 6.37. The van der Waals surface area contributed by atoms with Crippen LogP contribution in [0, 0.1) is 0 Å². The van der Waals surface area contributed by atoms with E-state index in [0.29, 0.717) is 26.2 Å². The molecule has 0 amide bonds. The highest BCUT2D eigenvalue weighted by atomic mass is 16.9. The van der Waals surface area contributed by atoms with Crippen LogP contribution in [0.3, 0.4) is 0 Å². The Balaban J connectivity index is 4.32. The zero-order valence-corrected chi connectivity index (χ0v) is 17.2. The van der Waals surface area contributed by atoms with Crippen LogP contribution in [0.1, 0.15) is 91.9 Å². The molecule has 25 heavy (non-hydrogen) atoms. The topological polar surface area (TPSA) is 36.9 Å². The van der Waals surface area contributed by atoms with Gasteiger partial charge in [-0.15, -0.1) is 0 Å². The first-order valence-corrected chi connectivity index (χ1v) is 10.4. The van der Waals surface area contributed by atoms with Crippen LogP contribution in [0.4, 0.5) is 0 Å². The number of hydrogen-bond acceptors (Lipinski definition) is 4. The van der Waals surface area contributed by atoms with Crippen molar-refractivity contribution < 1.29 is 18.9 Å². The highest BCUT2D eigenvalue weighted by molar-refractivity contribution is 4.71. The first kappa shape index (κ1) is 24.4. The molecule has 1 unspecified atom stereocenters. The van der Waals surface area contributed by atoms with Gasteiger partial charge >= 0.3 is 0 Å². The van der Waals surface area contributed by atoms with Gasteiger partial charge in [0, 0.05) is 19.8 Å². The van der Waals surface area contributed by atoms with E-state index < -0.39 is 5.97 Å². The molecule has 4 nitrogen and oxygen atoms in total. The number of unbranched alkanes of at least 4 members (excludes halogenated alkanes) is 7. The van der Waals surface area contributed by atoms with Gasteiger partial charge in [0.25, 0.3) is 5.97 Å². The summed E-state index contributed by atoms with van der Waals surface area (Å²) in [6.45, 7) is 13.4. The van der Waals surface area contributed by atoms with Gasteiger partial charge in [-0.25, -0.2) is 0 Å². The van der Waals surface area contributed by atoms with Crippen molar-refractivity contribution in [2.45, 2.75) is 104 Å². The summed E-state index contributed by atoms with van der Waals surface area (Å²) in [6.07, 6.45) is 13.5. The van der Waals surface area contributed by atoms with E-state index in [2.05, 4.69) is 13.5 Å². The van der Waals surface area contributed by atoms with Crippen LogP contribution in [-0.4, -0.2) is 31.9 Å². The molecule has 4 heteroatoms. The molecule has 0 spiro atoms. The molecule has 0 N–H and O–H groups in total. The smallest absolute Gasteiger partial charge is 0.286 e. The number of hydrogen-bond donors (Lipinski definition) is 0. The predicted molar refractivity (Wildman–Crippen MR) is 105 cm³/mol. The molecule has 0 saturated carbocycles. The lowest BCUT2D eigenvalue weighted by molar-refractivity contribution is -0.385. The van der Waals surface area contributed by atoms with Crippen LogP contribution in [-0.2, 0) is 18.9 Å². The maximum absolute atomic E-state index is 5.81. The Morgan fingerprint density at radius 3 is 1.68 bits per heavy atom. The Morgan fingerprint density at radius 2 is 1.24 bits per heavy atom. The zero-order valence-electron chi connectivity index (χ0n) is 17.2. The van der Waals surface area contributed by atoms with Crippen molar-refractivity contribution in [3.05, 3.63) is 12.8 Å². The zero-order chi connectivity index (χ0) is 18.8. The molecule has 0 aliphatic rings. The van der Waals surface area contributed by atoms with Crippen LogP contribution in [0.15, 0.2) is 12.8 Å². The fourth-order valence-corrected chi connectivity index (χ4v) is 3.10. The lowest BCUT2D eigenvalue weighted by atomic mass is 10.0. The molecule has 0 aromatic carbocycles. The maximum Gasteiger partial charge on any atom is 0.286 e. The quantitative estimate of drug-likeness (QED) is 0.156. The number of rotatable bonds is 19. The van der Waals surface area contributed by atoms with Crippen LogP contribution in [0.2, 0.25) is 0 Å². The summed E-state index contributed by atoms with van der Waals surface area (Å²) in [5.41, 5.74) is 0. The van der Waals surface area contributed by atoms with Crippen molar-refractivity contribution in [1.82, 2.24) is 0 Å². The molecule has 0 aliphatic heterocycles. The largest absolute Gasteiger partial charge is 0.498 e. The van der Waals surface area contributed by atoms with Crippen molar-refractivity contribution in [1.29, 1.82) is 0 Å². The van der Waals surface area contributed by atoms with Gasteiger partial charge in [0.2, 0.25) is 0 Å². The van der Waals surface area contributed by atoms with E-state index in [9.17, 15) is 0 Å². The highest BCUT2D eigenvalue weighted by Crippen LogP contribution is 2.26. The molecule has 0 saturated heterocycles. The van der Waals surface area contributed by atoms with E-state index in [4.69, 9.17) is 18.9 Å². The summed E-state index contributed by atoms with van der Waals surface area (Å²) in [6, 6.07) is 0. The predicted octanol–water partition coefficient (Wildman–Crippen LogP) is 6.20. The summed E-state index contributed by atoms with van der Waals surface area (Å²) in [4.78, 5) is 0. The van der Waals surface area contributed by atoms with Crippen LogP contribution in [0.5, 0.6) is 0 Å². The Hall–Kier alpha value is -0.580. The van der Waals surface area contributed by atoms with E-state index in [-0.39, 0.29) is 6.10 Å². The molecule has 0 radical (unpaired) electrons. The van der Waals surface area contributed by atoms with Gasteiger partial charge in [-0.1, -0.05) is 58.4 Å². The van der Waals surface area contributed by atoms with Crippen molar-refractivity contribution in [2.24, 2.45) is 0 Å². The standard InChI is InChI=1S/C21H42O4/c1-6-11-12-13-14-15-16-17-18-20(22-7-2)19-21(23-8-3,24-9-4)25-10-5/h7,20H,2,6,8-19H2,1,3-5H3. The molecule has 0 rings (SSSR count). The average Bonchev–Trinajstić information content (AvgIpc) is 2.58. The summed E-state index contributed by atoms with van der Waals surface area (Å²) in [5.74, 6) is -1.01. The molecule has 0 aromatic rings. The molecular formula is C21H42O4. The third kappa shape index (κ3) is 12.4. The maximum atomic E-state index is 5.81. The highest BCUT2D eigenvalue weighted by Gasteiger charge is 2.36. The minimum Gasteiger partial charge on any atom is -0.498 e. The van der Waals surface area contributed by atoms with Crippen molar-refractivity contribution in [3.8, 4) is 0 Å². The molecule has 0 fully saturated rings. The van der Waals surface area contributed by atoms with E-state index in [0.717, 1.165) is 12.8 Å².